The maximum absolute atomic E-state index is 5.35. The number of rotatable bonds is 7. The van der Waals surface area contributed by atoms with Gasteiger partial charge in [0.1, 0.15) is 0 Å². The lowest BCUT2D eigenvalue weighted by atomic mass is 10.1. The summed E-state index contributed by atoms with van der Waals surface area (Å²) in [5.74, 6) is 1.95. The number of hydrogen-bond acceptors (Lipinski definition) is 4. The third-order valence-corrected chi connectivity index (χ3v) is 2.89. The fourth-order valence-corrected chi connectivity index (χ4v) is 1.89. The van der Waals surface area contributed by atoms with Crippen LogP contribution in [0.3, 0.4) is 0 Å². The summed E-state index contributed by atoms with van der Waals surface area (Å²) in [5.41, 5.74) is 2.27. The standard InChI is InChI=1S/C16H25NO3/c1-11(2)17-10-12(3)7-13-8-14(18-4)16(20-6)15(9-13)19-5/h7-9,11,17H,10H2,1-6H3. The lowest BCUT2D eigenvalue weighted by Crippen LogP contribution is -2.24. The molecule has 0 saturated carbocycles. The van der Waals surface area contributed by atoms with E-state index in [0.29, 0.717) is 23.3 Å². The van der Waals surface area contributed by atoms with Crippen LogP contribution in [0.15, 0.2) is 17.7 Å². The molecule has 0 saturated heterocycles. The van der Waals surface area contributed by atoms with Crippen molar-refractivity contribution in [2.24, 2.45) is 0 Å². The maximum atomic E-state index is 5.35. The lowest BCUT2D eigenvalue weighted by molar-refractivity contribution is 0.324. The van der Waals surface area contributed by atoms with Crippen LogP contribution in [0, 0.1) is 0 Å². The van der Waals surface area contributed by atoms with E-state index in [4.69, 9.17) is 14.2 Å². The van der Waals surface area contributed by atoms with Gasteiger partial charge in [-0.1, -0.05) is 25.5 Å². The highest BCUT2D eigenvalue weighted by molar-refractivity contribution is 5.63. The summed E-state index contributed by atoms with van der Waals surface area (Å²) in [6.45, 7) is 7.21. The molecule has 112 valence electrons. The molecule has 0 amide bonds. The summed E-state index contributed by atoms with van der Waals surface area (Å²) in [6.07, 6.45) is 2.11. The zero-order valence-electron chi connectivity index (χ0n) is 13.2. The number of hydrogen-bond donors (Lipinski definition) is 1. The molecule has 1 aromatic rings. The Labute approximate surface area is 121 Å². The molecule has 20 heavy (non-hydrogen) atoms. The van der Waals surface area contributed by atoms with Crippen molar-refractivity contribution in [2.45, 2.75) is 26.8 Å². The van der Waals surface area contributed by atoms with E-state index in [1.54, 1.807) is 21.3 Å². The summed E-state index contributed by atoms with van der Waals surface area (Å²) in [4.78, 5) is 0. The van der Waals surface area contributed by atoms with Gasteiger partial charge in [-0.2, -0.15) is 0 Å². The topological polar surface area (TPSA) is 39.7 Å². The van der Waals surface area contributed by atoms with Crippen LogP contribution in [-0.4, -0.2) is 33.9 Å². The largest absolute Gasteiger partial charge is 0.493 e. The minimum absolute atomic E-state index is 0.471. The second kappa shape index (κ2) is 7.80. The van der Waals surface area contributed by atoms with Crippen LogP contribution < -0.4 is 19.5 Å². The maximum Gasteiger partial charge on any atom is 0.203 e. The molecule has 0 aromatic heterocycles. The van der Waals surface area contributed by atoms with Gasteiger partial charge in [-0.05, 0) is 24.6 Å². The van der Waals surface area contributed by atoms with Gasteiger partial charge >= 0.3 is 0 Å². The first kappa shape index (κ1) is 16.4. The summed E-state index contributed by atoms with van der Waals surface area (Å²) >= 11 is 0. The molecular formula is C16H25NO3. The molecular weight excluding hydrogens is 254 g/mol. The lowest BCUT2D eigenvalue weighted by Gasteiger charge is -2.13. The molecule has 0 unspecified atom stereocenters. The average Bonchev–Trinajstić information content (AvgIpc) is 2.43. The molecule has 0 aliphatic carbocycles. The Morgan fingerprint density at radius 1 is 1.10 bits per heavy atom. The van der Waals surface area contributed by atoms with E-state index in [2.05, 4.69) is 32.2 Å². The van der Waals surface area contributed by atoms with Crippen molar-refractivity contribution in [1.29, 1.82) is 0 Å². The van der Waals surface area contributed by atoms with Crippen molar-refractivity contribution < 1.29 is 14.2 Å². The third-order valence-electron chi connectivity index (χ3n) is 2.89. The Bertz CT molecular complexity index is 442. The SMILES string of the molecule is COc1cc(C=C(C)CNC(C)C)cc(OC)c1OC. The monoisotopic (exact) mass is 279 g/mol. The number of benzene rings is 1. The molecule has 0 atom stereocenters. The van der Waals surface area contributed by atoms with Gasteiger partial charge in [-0.3, -0.25) is 0 Å². The van der Waals surface area contributed by atoms with Crippen molar-refractivity contribution in [3.05, 3.63) is 23.3 Å². The Morgan fingerprint density at radius 2 is 1.65 bits per heavy atom. The zero-order chi connectivity index (χ0) is 15.1. The van der Waals surface area contributed by atoms with Gasteiger partial charge in [-0.25, -0.2) is 0 Å². The predicted molar refractivity (Wildman–Crippen MR) is 82.9 cm³/mol. The highest BCUT2D eigenvalue weighted by Gasteiger charge is 2.12. The number of nitrogens with one attached hydrogen (secondary N) is 1. The van der Waals surface area contributed by atoms with Gasteiger partial charge in [0, 0.05) is 12.6 Å². The Balaban J connectivity index is 3.04. The zero-order valence-corrected chi connectivity index (χ0v) is 13.2. The van der Waals surface area contributed by atoms with Crippen LogP contribution in [-0.2, 0) is 0 Å². The predicted octanol–water partition coefficient (Wildman–Crippen LogP) is 3.11. The Hall–Kier alpha value is -1.68. The van der Waals surface area contributed by atoms with Crippen LogP contribution in [0.1, 0.15) is 26.3 Å². The average molecular weight is 279 g/mol. The molecule has 0 spiro atoms. The van der Waals surface area contributed by atoms with Crippen LogP contribution in [0.2, 0.25) is 0 Å². The van der Waals surface area contributed by atoms with Gasteiger partial charge in [0.05, 0.1) is 21.3 Å². The van der Waals surface area contributed by atoms with E-state index in [1.807, 2.05) is 12.1 Å². The van der Waals surface area contributed by atoms with Gasteiger partial charge in [0.15, 0.2) is 11.5 Å². The molecule has 1 N–H and O–H groups in total. The smallest absolute Gasteiger partial charge is 0.203 e. The summed E-state index contributed by atoms with van der Waals surface area (Å²) in [7, 11) is 4.85. The molecule has 0 heterocycles. The molecule has 1 aromatic carbocycles. The van der Waals surface area contributed by atoms with Crippen LogP contribution in [0.4, 0.5) is 0 Å². The quantitative estimate of drug-likeness (QED) is 0.832. The van der Waals surface area contributed by atoms with Gasteiger partial charge < -0.3 is 19.5 Å². The normalized spacial score (nSPS) is 11.7. The first-order valence-electron chi connectivity index (χ1n) is 6.72. The minimum Gasteiger partial charge on any atom is -0.493 e. The van der Waals surface area contributed by atoms with E-state index in [0.717, 1.165) is 12.1 Å². The van der Waals surface area contributed by atoms with Gasteiger partial charge in [0.25, 0.3) is 0 Å². The highest BCUT2D eigenvalue weighted by atomic mass is 16.5. The van der Waals surface area contributed by atoms with E-state index in [-0.39, 0.29) is 0 Å². The Kier molecular flexibility index (Phi) is 6.39. The summed E-state index contributed by atoms with van der Waals surface area (Å²) in [6, 6.07) is 4.36. The van der Waals surface area contributed by atoms with Crippen molar-refractivity contribution in [2.75, 3.05) is 27.9 Å². The molecule has 1 rings (SSSR count). The molecule has 0 radical (unpaired) electrons. The van der Waals surface area contributed by atoms with Crippen molar-refractivity contribution in [1.82, 2.24) is 5.32 Å². The number of ether oxygens (including phenoxy) is 3. The Morgan fingerprint density at radius 3 is 2.05 bits per heavy atom. The fourth-order valence-electron chi connectivity index (χ4n) is 1.89. The molecule has 4 heteroatoms. The first-order chi connectivity index (χ1) is 9.51. The van der Waals surface area contributed by atoms with Crippen LogP contribution >= 0.6 is 0 Å². The highest BCUT2D eigenvalue weighted by Crippen LogP contribution is 2.38. The molecule has 4 nitrogen and oxygen atoms in total. The van der Waals surface area contributed by atoms with E-state index in [9.17, 15) is 0 Å². The second-order valence-electron chi connectivity index (χ2n) is 4.98. The summed E-state index contributed by atoms with van der Waals surface area (Å²) < 4.78 is 16.0. The second-order valence-corrected chi connectivity index (χ2v) is 4.98. The van der Waals surface area contributed by atoms with E-state index >= 15 is 0 Å². The van der Waals surface area contributed by atoms with Crippen LogP contribution in [0.25, 0.3) is 6.08 Å². The van der Waals surface area contributed by atoms with Gasteiger partial charge in [0.2, 0.25) is 5.75 Å². The van der Waals surface area contributed by atoms with Crippen LogP contribution in [0.5, 0.6) is 17.2 Å². The summed E-state index contributed by atoms with van der Waals surface area (Å²) in [5, 5.41) is 3.39. The van der Waals surface area contributed by atoms with Crippen molar-refractivity contribution in [3.63, 3.8) is 0 Å². The minimum atomic E-state index is 0.471. The third kappa shape index (κ3) is 4.46. The van der Waals surface area contributed by atoms with E-state index in [1.165, 1.54) is 5.57 Å². The molecule has 0 fully saturated rings. The van der Waals surface area contributed by atoms with Crippen molar-refractivity contribution >= 4 is 6.08 Å². The molecule has 0 bridgehead atoms. The molecule has 0 aliphatic rings. The fraction of sp³-hybridized carbons (Fsp3) is 0.500. The first-order valence-corrected chi connectivity index (χ1v) is 6.72. The number of methoxy groups -OCH3 is 3. The molecule has 0 aliphatic heterocycles. The van der Waals surface area contributed by atoms with E-state index < -0.39 is 0 Å². The van der Waals surface area contributed by atoms with Gasteiger partial charge in [-0.15, -0.1) is 0 Å². The van der Waals surface area contributed by atoms with Crippen molar-refractivity contribution in [3.8, 4) is 17.2 Å².